The van der Waals surface area contributed by atoms with Gasteiger partial charge in [0.25, 0.3) is 5.91 Å². The molecule has 4 nitrogen and oxygen atoms in total. The first-order chi connectivity index (χ1) is 11.9. The molecule has 0 unspecified atom stereocenters. The second-order valence-corrected chi connectivity index (χ2v) is 6.46. The zero-order chi connectivity index (χ0) is 18.0. The van der Waals surface area contributed by atoms with E-state index in [4.69, 9.17) is 34.8 Å². The van der Waals surface area contributed by atoms with Crippen LogP contribution in [0.15, 0.2) is 48.8 Å². The summed E-state index contributed by atoms with van der Waals surface area (Å²) in [5.74, 6) is -1.34. The van der Waals surface area contributed by atoms with Crippen LogP contribution in [0.2, 0.25) is 15.1 Å². The smallest absolute Gasteiger partial charge is 0.260 e. The molecule has 0 spiro atoms. The number of amides is 1. The number of hydrogen-bond acceptors (Lipinski definition) is 2. The van der Waals surface area contributed by atoms with E-state index < -0.39 is 11.7 Å². The largest absolute Gasteiger partial charge is 0.319 e. The fourth-order valence-corrected chi connectivity index (χ4v) is 2.96. The first-order valence-corrected chi connectivity index (χ1v) is 8.29. The van der Waals surface area contributed by atoms with Crippen molar-refractivity contribution in [1.82, 2.24) is 9.78 Å². The maximum atomic E-state index is 13.8. The number of carbonyl (C=O) groups is 1. The van der Waals surface area contributed by atoms with Crippen molar-refractivity contribution in [3.8, 4) is 0 Å². The Morgan fingerprint density at radius 2 is 1.96 bits per heavy atom. The number of nitrogens with zero attached hydrogens (tertiary/aromatic N) is 2. The summed E-state index contributed by atoms with van der Waals surface area (Å²) < 4.78 is 15.4. The molecule has 3 rings (SSSR count). The zero-order valence-corrected chi connectivity index (χ0v) is 14.9. The molecule has 1 N–H and O–H groups in total. The van der Waals surface area contributed by atoms with Crippen LogP contribution in [0, 0.1) is 5.82 Å². The molecule has 0 saturated heterocycles. The SMILES string of the molecule is O=C(Nc1cnn(Cc2ccc(Cl)cc2Cl)c1)c1c(F)cccc1Cl. The summed E-state index contributed by atoms with van der Waals surface area (Å²) >= 11 is 17.9. The number of halogens is 4. The summed E-state index contributed by atoms with van der Waals surface area (Å²) in [5.41, 5.74) is 1.02. The molecule has 0 saturated carbocycles. The van der Waals surface area contributed by atoms with Gasteiger partial charge < -0.3 is 5.32 Å². The number of carbonyl (C=O) groups excluding carboxylic acids is 1. The maximum Gasteiger partial charge on any atom is 0.260 e. The van der Waals surface area contributed by atoms with Crippen LogP contribution in [0.1, 0.15) is 15.9 Å². The quantitative estimate of drug-likeness (QED) is 0.649. The minimum absolute atomic E-state index is 0.0397. The Morgan fingerprint density at radius 3 is 2.68 bits per heavy atom. The van der Waals surface area contributed by atoms with Gasteiger partial charge in [0, 0.05) is 16.2 Å². The Hall–Kier alpha value is -2.08. The standard InChI is InChI=1S/C17H11Cl3FN3O/c18-11-5-4-10(14(20)6-11)8-24-9-12(7-22-24)23-17(25)16-13(19)2-1-3-15(16)21/h1-7,9H,8H2,(H,23,25). The molecule has 128 valence electrons. The van der Waals surface area contributed by atoms with E-state index in [1.54, 1.807) is 29.1 Å². The minimum atomic E-state index is -0.690. The lowest BCUT2D eigenvalue weighted by Crippen LogP contribution is -2.14. The van der Waals surface area contributed by atoms with Crippen LogP contribution in [0.4, 0.5) is 10.1 Å². The predicted molar refractivity (Wildman–Crippen MR) is 97.2 cm³/mol. The highest BCUT2D eigenvalue weighted by Gasteiger charge is 2.16. The van der Waals surface area contributed by atoms with Crippen LogP contribution in [0.25, 0.3) is 0 Å². The Labute approximate surface area is 158 Å². The van der Waals surface area contributed by atoms with Gasteiger partial charge in [0.1, 0.15) is 5.82 Å². The summed E-state index contributed by atoms with van der Waals surface area (Å²) in [6, 6.07) is 9.23. The van der Waals surface area contributed by atoms with Crippen molar-refractivity contribution in [3.63, 3.8) is 0 Å². The summed E-state index contributed by atoms with van der Waals surface area (Å²) in [5, 5.41) is 7.82. The van der Waals surface area contributed by atoms with E-state index in [0.29, 0.717) is 22.3 Å². The van der Waals surface area contributed by atoms with Crippen LogP contribution in [-0.2, 0) is 6.54 Å². The molecule has 0 aliphatic rings. The molecule has 0 bridgehead atoms. The van der Waals surface area contributed by atoms with Crippen LogP contribution in [0.5, 0.6) is 0 Å². The molecule has 0 fully saturated rings. The summed E-state index contributed by atoms with van der Waals surface area (Å²) in [6.45, 7) is 0.395. The van der Waals surface area contributed by atoms with Crippen molar-refractivity contribution in [3.05, 3.63) is 80.8 Å². The number of nitrogens with one attached hydrogen (secondary N) is 1. The van der Waals surface area contributed by atoms with Crippen molar-refractivity contribution >= 4 is 46.4 Å². The predicted octanol–water partition coefficient (Wildman–Crippen LogP) is 5.28. The number of aromatic nitrogens is 2. The molecule has 0 aliphatic heterocycles. The summed E-state index contributed by atoms with van der Waals surface area (Å²) in [4.78, 5) is 12.2. The van der Waals surface area contributed by atoms with Crippen molar-refractivity contribution in [2.75, 3.05) is 5.32 Å². The highest BCUT2D eigenvalue weighted by atomic mass is 35.5. The molecular weight excluding hydrogens is 388 g/mol. The third kappa shape index (κ3) is 4.12. The van der Waals surface area contributed by atoms with Gasteiger partial charge in [0.05, 0.1) is 29.0 Å². The Balaban J connectivity index is 1.74. The van der Waals surface area contributed by atoms with Crippen LogP contribution in [0.3, 0.4) is 0 Å². The molecule has 3 aromatic rings. The zero-order valence-electron chi connectivity index (χ0n) is 12.6. The Bertz CT molecular complexity index is 922. The molecule has 25 heavy (non-hydrogen) atoms. The van der Waals surface area contributed by atoms with Crippen LogP contribution < -0.4 is 5.32 Å². The molecule has 1 amide bonds. The lowest BCUT2D eigenvalue weighted by atomic mass is 10.2. The molecule has 2 aromatic carbocycles. The van der Waals surface area contributed by atoms with Crippen molar-refractivity contribution < 1.29 is 9.18 Å². The molecule has 1 heterocycles. The van der Waals surface area contributed by atoms with Crippen molar-refractivity contribution in [2.24, 2.45) is 0 Å². The second-order valence-electron chi connectivity index (χ2n) is 5.21. The van der Waals surface area contributed by atoms with Crippen molar-refractivity contribution in [1.29, 1.82) is 0 Å². The van der Waals surface area contributed by atoms with Gasteiger partial charge in [0.2, 0.25) is 0 Å². The maximum absolute atomic E-state index is 13.8. The van der Waals surface area contributed by atoms with E-state index in [1.807, 2.05) is 0 Å². The van der Waals surface area contributed by atoms with Gasteiger partial charge >= 0.3 is 0 Å². The van der Waals surface area contributed by atoms with E-state index in [-0.39, 0.29) is 10.6 Å². The molecule has 0 radical (unpaired) electrons. The monoisotopic (exact) mass is 397 g/mol. The highest BCUT2D eigenvalue weighted by Crippen LogP contribution is 2.23. The van der Waals surface area contributed by atoms with Gasteiger partial charge in [0.15, 0.2) is 0 Å². The lowest BCUT2D eigenvalue weighted by Gasteiger charge is -2.06. The van der Waals surface area contributed by atoms with Crippen LogP contribution in [-0.4, -0.2) is 15.7 Å². The third-order valence-corrected chi connectivity index (χ3v) is 4.33. The fraction of sp³-hybridized carbons (Fsp3) is 0.0588. The number of benzene rings is 2. The average molecular weight is 399 g/mol. The number of hydrogen-bond donors (Lipinski definition) is 1. The molecule has 0 atom stereocenters. The van der Waals surface area contributed by atoms with E-state index >= 15 is 0 Å². The first-order valence-electron chi connectivity index (χ1n) is 7.16. The number of rotatable bonds is 4. The fourth-order valence-electron chi connectivity index (χ4n) is 2.25. The van der Waals surface area contributed by atoms with Crippen molar-refractivity contribution in [2.45, 2.75) is 6.54 Å². The van der Waals surface area contributed by atoms with Gasteiger partial charge in [-0.3, -0.25) is 9.48 Å². The summed E-state index contributed by atoms with van der Waals surface area (Å²) in [7, 11) is 0. The van der Waals surface area contributed by atoms with Gasteiger partial charge in [-0.15, -0.1) is 0 Å². The topological polar surface area (TPSA) is 46.9 Å². The van der Waals surface area contributed by atoms with Gasteiger partial charge in [-0.2, -0.15) is 5.10 Å². The molecular formula is C17H11Cl3FN3O. The van der Waals surface area contributed by atoms with E-state index in [9.17, 15) is 9.18 Å². The molecule has 8 heteroatoms. The lowest BCUT2D eigenvalue weighted by molar-refractivity contribution is 0.102. The van der Waals surface area contributed by atoms with Crippen LogP contribution >= 0.6 is 34.8 Å². The second kappa shape index (κ2) is 7.44. The summed E-state index contributed by atoms with van der Waals surface area (Å²) in [6.07, 6.45) is 3.06. The van der Waals surface area contributed by atoms with Gasteiger partial charge in [-0.1, -0.05) is 46.9 Å². The minimum Gasteiger partial charge on any atom is -0.319 e. The van der Waals surface area contributed by atoms with Gasteiger partial charge in [-0.05, 0) is 29.8 Å². The Morgan fingerprint density at radius 1 is 1.16 bits per heavy atom. The Kier molecular flexibility index (Phi) is 5.27. The third-order valence-electron chi connectivity index (χ3n) is 3.43. The van der Waals surface area contributed by atoms with E-state index in [0.717, 1.165) is 5.56 Å². The number of anilines is 1. The van der Waals surface area contributed by atoms with E-state index in [2.05, 4.69) is 10.4 Å². The first kappa shape index (κ1) is 17.7. The van der Waals surface area contributed by atoms with Gasteiger partial charge in [-0.25, -0.2) is 4.39 Å². The molecule has 0 aliphatic carbocycles. The molecule has 1 aromatic heterocycles. The van der Waals surface area contributed by atoms with E-state index in [1.165, 1.54) is 24.4 Å². The average Bonchev–Trinajstić information content (AvgIpc) is 2.97. The highest BCUT2D eigenvalue weighted by molar-refractivity contribution is 6.35. The normalized spacial score (nSPS) is 10.7.